The fourth-order valence-corrected chi connectivity index (χ4v) is 4.18. The van der Waals surface area contributed by atoms with E-state index >= 15 is 0 Å². The van der Waals surface area contributed by atoms with Gasteiger partial charge in [0.25, 0.3) is 11.1 Å². The summed E-state index contributed by atoms with van der Waals surface area (Å²) in [7, 11) is 1.27. The van der Waals surface area contributed by atoms with Gasteiger partial charge >= 0.3 is 5.97 Å². The van der Waals surface area contributed by atoms with Crippen molar-refractivity contribution in [2.24, 2.45) is 0 Å². The van der Waals surface area contributed by atoms with E-state index in [1.165, 1.54) is 7.11 Å². The third-order valence-corrected chi connectivity index (χ3v) is 6.01. The number of hydrogen-bond donors (Lipinski definition) is 0. The molecule has 2 aromatic carbocycles. The van der Waals surface area contributed by atoms with Crippen molar-refractivity contribution in [1.29, 1.82) is 0 Å². The van der Waals surface area contributed by atoms with Gasteiger partial charge in [0.1, 0.15) is 0 Å². The Balaban J connectivity index is 1.81. The van der Waals surface area contributed by atoms with Crippen molar-refractivity contribution in [2.75, 3.05) is 20.3 Å². The first-order valence-electron chi connectivity index (χ1n) is 9.48. The van der Waals surface area contributed by atoms with Crippen LogP contribution in [0.5, 0.6) is 11.5 Å². The van der Waals surface area contributed by atoms with Gasteiger partial charge in [-0.15, -0.1) is 0 Å². The second-order valence-electron chi connectivity index (χ2n) is 6.47. The van der Waals surface area contributed by atoms with Crippen molar-refractivity contribution in [3.8, 4) is 11.5 Å². The highest BCUT2D eigenvalue weighted by Crippen LogP contribution is 2.37. The van der Waals surface area contributed by atoms with Gasteiger partial charge in [0.15, 0.2) is 18.1 Å². The van der Waals surface area contributed by atoms with Crippen LogP contribution in [0.1, 0.15) is 18.1 Å². The van der Waals surface area contributed by atoms with E-state index in [9.17, 15) is 14.4 Å². The number of hydrogen-bond acceptors (Lipinski definition) is 7. The molecule has 0 radical (unpaired) electrons. The Labute approximate surface area is 199 Å². The number of ether oxygens (including phenoxy) is 3. The number of rotatable bonds is 8. The van der Waals surface area contributed by atoms with E-state index in [4.69, 9.17) is 32.7 Å². The Bertz CT molecular complexity index is 1070. The molecule has 32 heavy (non-hydrogen) atoms. The Hall–Kier alpha value is -2.68. The molecule has 7 nitrogen and oxygen atoms in total. The molecule has 0 saturated carbocycles. The highest BCUT2D eigenvalue weighted by molar-refractivity contribution is 8.18. The van der Waals surface area contributed by atoms with Crippen LogP contribution in [0.3, 0.4) is 0 Å². The molecular formula is C22H19Cl2NO6S. The van der Waals surface area contributed by atoms with E-state index in [0.29, 0.717) is 39.3 Å². The number of nitrogens with zero attached hydrogens (tertiary/aromatic N) is 1. The summed E-state index contributed by atoms with van der Waals surface area (Å²) in [5.74, 6) is -0.216. The standard InChI is InChI=1S/C22H19Cl2NO6S/c1-3-30-18-9-13(7-8-17(18)31-12-20(26)29-2)10-19-21(27)25(22(28)32-19)11-14-15(23)5-4-6-16(14)24/h4-10H,3,11-12H2,1-2H3/b19-10+. The van der Waals surface area contributed by atoms with Crippen LogP contribution < -0.4 is 9.47 Å². The number of esters is 1. The van der Waals surface area contributed by atoms with Crippen LogP contribution in [0.15, 0.2) is 41.3 Å². The van der Waals surface area contributed by atoms with E-state index in [2.05, 4.69) is 4.74 Å². The van der Waals surface area contributed by atoms with Crippen molar-refractivity contribution in [3.05, 3.63) is 62.5 Å². The minimum atomic E-state index is -0.524. The number of methoxy groups -OCH3 is 1. The molecule has 10 heteroatoms. The average Bonchev–Trinajstić information content (AvgIpc) is 3.02. The van der Waals surface area contributed by atoms with Crippen LogP contribution in [-0.4, -0.2) is 42.3 Å². The summed E-state index contributed by atoms with van der Waals surface area (Å²) in [4.78, 5) is 38.0. The first-order chi connectivity index (χ1) is 15.3. The molecule has 0 spiro atoms. The first kappa shape index (κ1) is 24.0. The quantitative estimate of drug-likeness (QED) is 0.368. The molecular weight excluding hydrogens is 477 g/mol. The molecule has 1 aliphatic heterocycles. The molecule has 0 bridgehead atoms. The highest BCUT2D eigenvalue weighted by Gasteiger charge is 2.35. The van der Waals surface area contributed by atoms with Gasteiger partial charge in [-0.1, -0.05) is 35.3 Å². The summed E-state index contributed by atoms with van der Waals surface area (Å²) < 4.78 is 15.6. The second kappa shape index (κ2) is 10.8. The van der Waals surface area contributed by atoms with Crippen LogP contribution in [0.25, 0.3) is 6.08 Å². The molecule has 1 heterocycles. The monoisotopic (exact) mass is 495 g/mol. The molecule has 1 aliphatic rings. The number of carbonyl (C=O) groups is 3. The zero-order chi connectivity index (χ0) is 23.3. The predicted octanol–water partition coefficient (Wildman–Crippen LogP) is 5.18. The van der Waals surface area contributed by atoms with Crippen LogP contribution >= 0.6 is 35.0 Å². The van der Waals surface area contributed by atoms with E-state index < -0.39 is 17.1 Å². The van der Waals surface area contributed by atoms with Crippen molar-refractivity contribution >= 4 is 58.2 Å². The summed E-state index contributed by atoms with van der Waals surface area (Å²) in [6, 6.07) is 9.96. The lowest BCUT2D eigenvalue weighted by Gasteiger charge is -2.14. The SMILES string of the molecule is CCOc1cc(/C=C2/SC(=O)N(Cc3c(Cl)cccc3Cl)C2=O)ccc1OCC(=O)OC. The number of halogens is 2. The number of thioether (sulfide) groups is 1. The molecule has 0 aromatic heterocycles. The minimum absolute atomic E-state index is 0.0228. The molecule has 1 saturated heterocycles. The topological polar surface area (TPSA) is 82.1 Å². The lowest BCUT2D eigenvalue weighted by Crippen LogP contribution is -2.27. The van der Waals surface area contributed by atoms with Crippen LogP contribution in [0, 0.1) is 0 Å². The summed E-state index contributed by atoms with van der Waals surface area (Å²) in [5, 5.41) is 0.342. The smallest absolute Gasteiger partial charge is 0.343 e. The first-order valence-corrected chi connectivity index (χ1v) is 11.1. The van der Waals surface area contributed by atoms with Gasteiger partial charge in [0.2, 0.25) is 0 Å². The van der Waals surface area contributed by atoms with Gasteiger partial charge in [-0.05, 0) is 54.6 Å². The Morgan fingerprint density at radius 1 is 1.09 bits per heavy atom. The molecule has 0 atom stereocenters. The van der Waals surface area contributed by atoms with Gasteiger partial charge < -0.3 is 14.2 Å². The fraction of sp³-hybridized carbons (Fsp3) is 0.227. The van der Waals surface area contributed by atoms with E-state index in [0.717, 1.165) is 16.7 Å². The molecule has 3 rings (SSSR count). The van der Waals surface area contributed by atoms with Crippen molar-refractivity contribution < 1.29 is 28.6 Å². The lowest BCUT2D eigenvalue weighted by molar-refractivity contribution is -0.142. The van der Waals surface area contributed by atoms with Gasteiger partial charge in [-0.25, -0.2) is 4.79 Å². The van der Waals surface area contributed by atoms with E-state index in [1.807, 2.05) is 6.92 Å². The predicted molar refractivity (Wildman–Crippen MR) is 123 cm³/mol. The van der Waals surface area contributed by atoms with E-state index in [1.54, 1.807) is 42.5 Å². The van der Waals surface area contributed by atoms with Crippen LogP contribution in [0.4, 0.5) is 4.79 Å². The maximum Gasteiger partial charge on any atom is 0.343 e. The molecule has 2 amide bonds. The molecule has 1 fully saturated rings. The molecule has 0 aliphatic carbocycles. The Kier molecular flexibility index (Phi) is 8.06. The Morgan fingerprint density at radius 3 is 2.47 bits per heavy atom. The zero-order valence-electron chi connectivity index (χ0n) is 17.2. The van der Waals surface area contributed by atoms with E-state index in [-0.39, 0.29) is 18.1 Å². The number of benzene rings is 2. The minimum Gasteiger partial charge on any atom is -0.490 e. The fourth-order valence-electron chi connectivity index (χ4n) is 2.83. The van der Waals surface area contributed by atoms with Crippen molar-refractivity contribution in [2.45, 2.75) is 13.5 Å². The second-order valence-corrected chi connectivity index (χ2v) is 8.28. The van der Waals surface area contributed by atoms with Gasteiger partial charge in [0.05, 0.1) is 25.2 Å². The average molecular weight is 496 g/mol. The van der Waals surface area contributed by atoms with Gasteiger partial charge in [-0.3, -0.25) is 14.5 Å². The van der Waals surface area contributed by atoms with Gasteiger partial charge in [0, 0.05) is 15.6 Å². The summed E-state index contributed by atoms with van der Waals surface area (Å²) in [6.45, 7) is 1.89. The normalized spacial score (nSPS) is 14.8. The summed E-state index contributed by atoms with van der Waals surface area (Å²) in [5.41, 5.74) is 1.13. The lowest BCUT2D eigenvalue weighted by atomic mass is 10.1. The van der Waals surface area contributed by atoms with Crippen LogP contribution in [-0.2, 0) is 20.9 Å². The van der Waals surface area contributed by atoms with Crippen molar-refractivity contribution in [1.82, 2.24) is 4.90 Å². The number of carbonyl (C=O) groups excluding carboxylic acids is 3. The number of amides is 2. The van der Waals surface area contributed by atoms with Gasteiger partial charge in [-0.2, -0.15) is 0 Å². The number of imide groups is 1. The third kappa shape index (κ3) is 5.56. The maximum atomic E-state index is 12.9. The van der Waals surface area contributed by atoms with Crippen LogP contribution in [0.2, 0.25) is 10.0 Å². The molecule has 168 valence electrons. The Morgan fingerprint density at radius 2 is 1.81 bits per heavy atom. The zero-order valence-corrected chi connectivity index (χ0v) is 19.6. The molecule has 2 aromatic rings. The summed E-state index contributed by atoms with van der Waals surface area (Å²) in [6.07, 6.45) is 1.59. The maximum absolute atomic E-state index is 12.9. The summed E-state index contributed by atoms with van der Waals surface area (Å²) >= 11 is 13.2. The largest absolute Gasteiger partial charge is 0.490 e. The third-order valence-electron chi connectivity index (χ3n) is 4.39. The van der Waals surface area contributed by atoms with Crippen molar-refractivity contribution in [3.63, 3.8) is 0 Å². The molecule has 0 unspecified atom stereocenters. The molecule has 0 N–H and O–H groups in total. The highest BCUT2D eigenvalue weighted by atomic mass is 35.5.